The maximum Gasteiger partial charge on any atom is 0.259 e. The maximum atomic E-state index is 12.6. The van der Waals surface area contributed by atoms with Crippen LogP contribution in [0.4, 0.5) is 0 Å². The molecule has 2 N–H and O–H groups in total. The number of hydrogen-bond donors (Lipinski definition) is 1. The van der Waals surface area contributed by atoms with Crippen molar-refractivity contribution in [2.45, 2.75) is 12.5 Å². The van der Waals surface area contributed by atoms with Crippen LogP contribution in [-0.2, 0) is 9.53 Å². The Morgan fingerprint density at radius 1 is 1.48 bits per heavy atom. The standard InChI is InChI=1S/C13H15N5O3/c1-13(12(14)20)8-17(5-6-21-13)11(19)9-7-16-18-4-2-3-15-10(9)18/h2-4,7H,5-6,8H2,1H3,(H2,14,20)/t13-/m0/s1. The number of fused-ring (bicyclic) bond motifs is 1. The van der Waals surface area contributed by atoms with Crippen molar-refractivity contribution in [2.75, 3.05) is 19.7 Å². The van der Waals surface area contributed by atoms with Crippen molar-refractivity contribution in [1.82, 2.24) is 19.5 Å². The average molecular weight is 289 g/mol. The predicted molar refractivity (Wildman–Crippen MR) is 72.4 cm³/mol. The molecule has 8 nitrogen and oxygen atoms in total. The Morgan fingerprint density at radius 2 is 2.29 bits per heavy atom. The topological polar surface area (TPSA) is 103 Å². The number of primary amides is 1. The third-order valence-corrected chi connectivity index (χ3v) is 3.59. The number of amides is 2. The Balaban J connectivity index is 1.90. The second kappa shape index (κ2) is 4.81. The van der Waals surface area contributed by atoms with E-state index >= 15 is 0 Å². The molecule has 1 aliphatic rings. The van der Waals surface area contributed by atoms with Crippen LogP contribution in [0.3, 0.4) is 0 Å². The molecule has 2 aromatic heterocycles. The predicted octanol–water partition coefficient (Wildman–Crippen LogP) is -0.554. The molecule has 3 heterocycles. The molecule has 1 saturated heterocycles. The smallest absolute Gasteiger partial charge is 0.259 e. The summed E-state index contributed by atoms with van der Waals surface area (Å²) in [6.45, 7) is 2.36. The molecule has 3 rings (SSSR count). The van der Waals surface area contributed by atoms with Gasteiger partial charge in [-0.15, -0.1) is 0 Å². The molecule has 110 valence electrons. The molecular weight excluding hydrogens is 274 g/mol. The largest absolute Gasteiger partial charge is 0.367 e. The second-order valence-corrected chi connectivity index (χ2v) is 5.12. The molecule has 0 aliphatic carbocycles. The number of nitrogens with zero attached hydrogens (tertiary/aromatic N) is 4. The van der Waals surface area contributed by atoms with Crippen LogP contribution in [0, 0.1) is 0 Å². The number of aromatic nitrogens is 3. The van der Waals surface area contributed by atoms with Crippen LogP contribution >= 0.6 is 0 Å². The fourth-order valence-electron chi connectivity index (χ4n) is 2.34. The minimum atomic E-state index is -1.16. The van der Waals surface area contributed by atoms with E-state index in [0.717, 1.165) is 0 Å². The Hall–Kier alpha value is -2.48. The van der Waals surface area contributed by atoms with Gasteiger partial charge in [0.1, 0.15) is 5.56 Å². The van der Waals surface area contributed by atoms with Gasteiger partial charge in [0.05, 0.1) is 19.3 Å². The van der Waals surface area contributed by atoms with Crippen molar-refractivity contribution in [3.05, 3.63) is 30.2 Å². The van der Waals surface area contributed by atoms with Gasteiger partial charge in [-0.3, -0.25) is 9.59 Å². The fraction of sp³-hybridized carbons (Fsp3) is 0.385. The molecular formula is C13H15N5O3. The summed E-state index contributed by atoms with van der Waals surface area (Å²) in [5.74, 6) is -0.822. The van der Waals surface area contributed by atoms with Crippen molar-refractivity contribution < 1.29 is 14.3 Å². The fourth-order valence-corrected chi connectivity index (χ4v) is 2.34. The van der Waals surface area contributed by atoms with E-state index in [0.29, 0.717) is 17.8 Å². The highest BCUT2D eigenvalue weighted by atomic mass is 16.5. The molecule has 0 aromatic carbocycles. The monoisotopic (exact) mass is 289 g/mol. The first-order chi connectivity index (χ1) is 10.0. The van der Waals surface area contributed by atoms with E-state index in [1.165, 1.54) is 10.7 Å². The van der Waals surface area contributed by atoms with Crippen molar-refractivity contribution in [3.8, 4) is 0 Å². The molecule has 2 amide bonds. The minimum Gasteiger partial charge on any atom is -0.367 e. The molecule has 0 spiro atoms. The van der Waals surface area contributed by atoms with Gasteiger partial charge in [-0.05, 0) is 13.0 Å². The molecule has 0 radical (unpaired) electrons. The summed E-state index contributed by atoms with van der Waals surface area (Å²) in [5.41, 5.74) is 5.05. The van der Waals surface area contributed by atoms with E-state index in [2.05, 4.69) is 10.1 Å². The van der Waals surface area contributed by atoms with Gasteiger partial charge in [0.15, 0.2) is 11.2 Å². The average Bonchev–Trinajstić information content (AvgIpc) is 2.90. The van der Waals surface area contributed by atoms with E-state index in [9.17, 15) is 9.59 Å². The maximum absolute atomic E-state index is 12.6. The first-order valence-electron chi connectivity index (χ1n) is 6.53. The number of morpholine rings is 1. The third kappa shape index (κ3) is 2.23. The lowest BCUT2D eigenvalue weighted by atomic mass is 10.0. The Kier molecular flexibility index (Phi) is 3.09. The van der Waals surface area contributed by atoms with Crippen molar-refractivity contribution in [1.29, 1.82) is 0 Å². The Morgan fingerprint density at radius 3 is 3.05 bits per heavy atom. The lowest BCUT2D eigenvalue weighted by Gasteiger charge is -2.38. The summed E-state index contributed by atoms with van der Waals surface area (Å²) in [6, 6.07) is 1.73. The number of carbonyl (C=O) groups excluding carboxylic acids is 2. The zero-order chi connectivity index (χ0) is 15.0. The number of hydrogen-bond acceptors (Lipinski definition) is 5. The first-order valence-corrected chi connectivity index (χ1v) is 6.53. The van der Waals surface area contributed by atoms with Gasteiger partial charge in [0.2, 0.25) is 0 Å². The van der Waals surface area contributed by atoms with Crippen LogP contribution in [-0.4, -0.2) is 56.6 Å². The lowest BCUT2D eigenvalue weighted by molar-refractivity contribution is -0.150. The molecule has 0 saturated carbocycles. The van der Waals surface area contributed by atoms with Gasteiger partial charge in [-0.25, -0.2) is 9.50 Å². The molecule has 21 heavy (non-hydrogen) atoms. The van der Waals surface area contributed by atoms with E-state index in [-0.39, 0.29) is 19.1 Å². The van der Waals surface area contributed by atoms with Crippen LogP contribution in [0.5, 0.6) is 0 Å². The van der Waals surface area contributed by atoms with Gasteiger partial charge < -0.3 is 15.4 Å². The summed E-state index contributed by atoms with van der Waals surface area (Å²) >= 11 is 0. The molecule has 2 aromatic rings. The summed E-state index contributed by atoms with van der Waals surface area (Å²) < 4.78 is 6.94. The van der Waals surface area contributed by atoms with Crippen LogP contribution in [0.2, 0.25) is 0 Å². The molecule has 1 aliphatic heterocycles. The number of nitrogens with two attached hydrogens (primary N) is 1. The third-order valence-electron chi connectivity index (χ3n) is 3.59. The Labute approximate surface area is 120 Å². The minimum absolute atomic E-state index is 0.116. The van der Waals surface area contributed by atoms with Crippen LogP contribution in [0.15, 0.2) is 24.7 Å². The van der Waals surface area contributed by atoms with Crippen LogP contribution in [0.1, 0.15) is 17.3 Å². The number of carbonyl (C=O) groups is 2. The molecule has 8 heteroatoms. The van der Waals surface area contributed by atoms with Gasteiger partial charge in [-0.1, -0.05) is 0 Å². The van der Waals surface area contributed by atoms with E-state index in [1.807, 2.05) is 0 Å². The SMILES string of the molecule is C[C@@]1(C(N)=O)CN(C(=O)c2cnn3cccnc23)CCO1. The normalized spacial score (nSPS) is 22.4. The van der Waals surface area contributed by atoms with Crippen molar-refractivity contribution >= 4 is 17.5 Å². The zero-order valence-electron chi connectivity index (χ0n) is 11.5. The highest BCUT2D eigenvalue weighted by Gasteiger charge is 2.39. The highest BCUT2D eigenvalue weighted by molar-refractivity contribution is 6.00. The zero-order valence-corrected chi connectivity index (χ0v) is 11.5. The van der Waals surface area contributed by atoms with Gasteiger partial charge >= 0.3 is 0 Å². The number of rotatable bonds is 2. The summed E-state index contributed by atoms with van der Waals surface area (Å²) in [7, 11) is 0. The van der Waals surface area contributed by atoms with Crippen molar-refractivity contribution in [2.24, 2.45) is 5.73 Å². The number of ether oxygens (including phenoxy) is 1. The van der Waals surface area contributed by atoms with Crippen LogP contribution in [0.25, 0.3) is 5.65 Å². The molecule has 0 bridgehead atoms. The summed E-state index contributed by atoms with van der Waals surface area (Å²) in [6.07, 6.45) is 4.79. The van der Waals surface area contributed by atoms with Gasteiger partial charge in [0.25, 0.3) is 11.8 Å². The lowest BCUT2D eigenvalue weighted by Crippen LogP contribution is -2.58. The van der Waals surface area contributed by atoms with Crippen molar-refractivity contribution in [3.63, 3.8) is 0 Å². The second-order valence-electron chi connectivity index (χ2n) is 5.12. The van der Waals surface area contributed by atoms with E-state index in [4.69, 9.17) is 10.5 Å². The highest BCUT2D eigenvalue weighted by Crippen LogP contribution is 2.20. The van der Waals surface area contributed by atoms with Gasteiger partial charge in [-0.2, -0.15) is 5.10 Å². The van der Waals surface area contributed by atoms with Gasteiger partial charge in [0, 0.05) is 18.9 Å². The molecule has 0 unspecified atom stereocenters. The quantitative estimate of drug-likeness (QED) is 0.798. The Bertz CT molecular complexity index is 713. The summed E-state index contributed by atoms with van der Waals surface area (Å²) in [4.78, 5) is 29.8. The van der Waals surface area contributed by atoms with Crippen LogP contribution < -0.4 is 5.73 Å². The van der Waals surface area contributed by atoms with E-state index < -0.39 is 11.5 Å². The molecule has 1 atom stereocenters. The molecule has 1 fully saturated rings. The first kappa shape index (κ1) is 13.5. The summed E-state index contributed by atoms with van der Waals surface area (Å²) in [5, 5.41) is 4.09. The van der Waals surface area contributed by atoms with E-state index in [1.54, 1.807) is 30.3 Å².